The predicted molar refractivity (Wildman–Crippen MR) is 57.0 cm³/mol. The second-order valence-corrected chi connectivity index (χ2v) is 4.47. The fraction of sp³-hybridized carbons (Fsp3) is 1.00. The van der Waals surface area contributed by atoms with Crippen LogP contribution in [-0.2, 0) is 4.74 Å². The Morgan fingerprint density at radius 1 is 1.42 bits per heavy atom. The fourth-order valence-corrected chi connectivity index (χ4v) is 1.24. The van der Waals surface area contributed by atoms with Gasteiger partial charge in [-0.1, -0.05) is 0 Å². The summed E-state index contributed by atoms with van der Waals surface area (Å²) < 4.78 is 5.28. The lowest BCUT2D eigenvalue weighted by atomic mass is 10.1. The molecule has 0 fully saturated rings. The van der Waals surface area contributed by atoms with Crippen LogP contribution in [0.4, 0.5) is 0 Å². The number of hydrogen-bond donors (Lipinski definition) is 1. The molecule has 0 amide bonds. The van der Waals surface area contributed by atoms with Gasteiger partial charge < -0.3 is 10.1 Å². The van der Waals surface area contributed by atoms with E-state index in [9.17, 15) is 0 Å². The highest BCUT2D eigenvalue weighted by atomic mass is 32.2. The minimum atomic E-state index is -0.0284. The average molecular weight is 191 g/mol. The Labute approximate surface area is 80.4 Å². The Bertz CT molecular complexity index is 107. The summed E-state index contributed by atoms with van der Waals surface area (Å²) >= 11 is 1.89. The van der Waals surface area contributed by atoms with Gasteiger partial charge in [-0.2, -0.15) is 11.8 Å². The van der Waals surface area contributed by atoms with Crippen molar-refractivity contribution in [1.29, 1.82) is 0 Å². The standard InChI is InChI=1S/C9H21NOS/c1-9(2,11-3)8-10-6-5-7-12-4/h10H,5-8H2,1-4H3. The molecule has 0 aliphatic carbocycles. The number of hydrogen-bond acceptors (Lipinski definition) is 3. The number of ether oxygens (including phenoxy) is 1. The summed E-state index contributed by atoms with van der Waals surface area (Å²) in [7, 11) is 1.75. The molecule has 0 radical (unpaired) electrons. The second kappa shape index (κ2) is 6.75. The lowest BCUT2D eigenvalue weighted by molar-refractivity contribution is 0.0235. The lowest BCUT2D eigenvalue weighted by Gasteiger charge is -2.23. The fourth-order valence-electron chi connectivity index (χ4n) is 0.803. The van der Waals surface area contributed by atoms with Gasteiger partial charge in [-0.15, -0.1) is 0 Å². The van der Waals surface area contributed by atoms with Gasteiger partial charge in [-0.25, -0.2) is 0 Å². The molecule has 0 unspecified atom stereocenters. The third-order valence-electron chi connectivity index (χ3n) is 1.81. The Morgan fingerprint density at radius 3 is 2.58 bits per heavy atom. The predicted octanol–water partition coefficient (Wildman–Crippen LogP) is 1.75. The zero-order chi connectivity index (χ0) is 9.45. The van der Waals surface area contributed by atoms with Crippen LogP contribution in [-0.4, -0.2) is 37.8 Å². The molecule has 0 aliphatic heterocycles. The van der Waals surface area contributed by atoms with Gasteiger partial charge in [0, 0.05) is 13.7 Å². The molecule has 0 aromatic carbocycles. The SMILES string of the molecule is COC(C)(C)CNCCCSC. The molecule has 0 aromatic heterocycles. The Hall–Kier alpha value is 0.270. The summed E-state index contributed by atoms with van der Waals surface area (Å²) in [5.41, 5.74) is -0.0284. The number of nitrogens with one attached hydrogen (secondary N) is 1. The Morgan fingerprint density at radius 2 is 2.08 bits per heavy atom. The lowest BCUT2D eigenvalue weighted by Crippen LogP contribution is -2.37. The van der Waals surface area contributed by atoms with Crippen molar-refractivity contribution >= 4 is 11.8 Å². The summed E-state index contributed by atoms with van der Waals surface area (Å²) in [5, 5.41) is 3.37. The highest BCUT2D eigenvalue weighted by molar-refractivity contribution is 7.98. The van der Waals surface area contributed by atoms with Crippen LogP contribution in [0.2, 0.25) is 0 Å². The van der Waals surface area contributed by atoms with Crippen LogP contribution in [0.1, 0.15) is 20.3 Å². The first kappa shape index (κ1) is 12.3. The van der Waals surface area contributed by atoms with E-state index in [1.165, 1.54) is 12.2 Å². The summed E-state index contributed by atoms with van der Waals surface area (Å²) in [4.78, 5) is 0. The van der Waals surface area contributed by atoms with Gasteiger partial charge in [-0.05, 0) is 38.8 Å². The Balaban J connectivity index is 3.19. The molecule has 1 N–H and O–H groups in total. The third-order valence-corrected chi connectivity index (χ3v) is 2.50. The van der Waals surface area contributed by atoms with E-state index in [-0.39, 0.29) is 5.60 Å². The zero-order valence-electron chi connectivity index (χ0n) is 8.64. The van der Waals surface area contributed by atoms with Gasteiger partial charge in [0.05, 0.1) is 5.60 Å². The van der Waals surface area contributed by atoms with Crippen molar-refractivity contribution < 1.29 is 4.74 Å². The van der Waals surface area contributed by atoms with Crippen LogP contribution < -0.4 is 5.32 Å². The molecule has 0 spiro atoms. The summed E-state index contributed by atoms with van der Waals surface area (Å²) in [6, 6.07) is 0. The summed E-state index contributed by atoms with van der Waals surface area (Å²) in [5.74, 6) is 1.24. The van der Waals surface area contributed by atoms with Crippen molar-refractivity contribution in [2.75, 3.05) is 32.2 Å². The topological polar surface area (TPSA) is 21.3 Å². The number of rotatable bonds is 7. The molecule has 0 heterocycles. The van der Waals surface area contributed by atoms with Gasteiger partial charge in [-0.3, -0.25) is 0 Å². The molecule has 0 rings (SSSR count). The van der Waals surface area contributed by atoms with Gasteiger partial charge in [0.1, 0.15) is 0 Å². The first-order valence-electron chi connectivity index (χ1n) is 4.37. The highest BCUT2D eigenvalue weighted by Crippen LogP contribution is 2.04. The van der Waals surface area contributed by atoms with E-state index in [4.69, 9.17) is 4.74 Å². The molecule has 0 bridgehead atoms. The number of methoxy groups -OCH3 is 1. The van der Waals surface area contributed by atoms with Crippen molar-refractivity contribution in [3.63, 3.8) is 0 Å². The van der Waals surface area contributed by atoms with E-state index in [1.807, 2.05) is 11.8 Å². The van der Waals surface area contributed by atoms with Crippen molar-refractivity contribution in [2.24, 2.45) is 0 Å². The van der Waals surface area contributed by atoms with Crippen LogP contribution in [0.5, 0.6) is 0 Å². The van der Waals surface area contributed by atoms with Crippen LogP contribution in [0.25, 0.3) is 0 Å². The van der Waals surface area contributed by atoms with Crippen molar-refractivity contribution in [1.82, 2.24) is 5.32 Å². The van der Waals surface area contributed by atoms with E-state index in [0.717, 1.165) is 13.1 Å². The first-order chi connectivity index (χ1) is 5.62. The monoisotopic (exact) mass is 191 g/mol. The van der Waals surface area contributed by atoms with E-state index in [1.54, 1.807) is 7.11 Å². The molecule has 0 aromatic rings. The smallest absolute Gasteiger partial charge is 0.0746 e. The molecular weight excluding hydrogens is 170 g/mol. The van der Waals surface area contributed by atoms with Gasteiger partial charge in [0.25, 0.3) is 0 Å². The maximum Gasteiger partial charge on any atom is 0.0746 e. The summed E-state index contributed by atoms with van der Waals surface area (Å²) in [6.07, 6.45) is 3.38. The van der Waals surface area contributed by atoms with Gasteiger partial charge in [0.15, 0.2) is 0 Å². The molecule has 0 atom stereocenters. The molecule has 0 aliphatic rings. The quantitative estimate of drug-likeness (QED) is 0.620. The largest absolute Gasteiger partial charge is 0.377 e. The maximum absolute atomic E-state index is 5.28. The van der Waals surface area contributed by atoms with Crippen LogP contribution >= 0.6 is 11.8 Å². The zero-order valence-corrected chi connectivity index (χ0v) is 9.46. The molecule has 0 saturated heterocycles. The van der Waals surface area contributed by atoms with E-state index < -0.39 is 0 Å². The molecular formula is C9H21NOS. The van der Waals surface area contributed by atoms with E-state index in [2.05, 4.69) is 25.4 Å². The number of thioether (sulfide) groups is 1. The third kappa shape index (κ3) is 6.95. The van der Waals surface area contributed by atoms with E-state index in [0.29, 0.717) is 0 Å². The molecule has 12 heavy (non-hydrogen) atoms. The minimum Gasteiger partial charge on any atom is -0.377 e. The highest BCUT2D eigenvalue weighted by Gasteiger charge is 2.14. The molecule has 2 nitrogen and oxygen atoms in total. The molecule has 3 heteroatoms. The van der Waals surface area contributed by atoms with Gasteiger partial charge >= 0.3 is 0 Å². The normalized spacial score (nSPS) is 12.0. The molecule has 0 saturated carbocycles. The van der Waals surface area contributed by atoms with Crippen LogP contribution in [0, 0.1) is 0 Å². The van der Waals surface area contributed by atoms with Crippen molar-refractivity contribution in [2.45, 2.75) is 25.9 Å². The second-order valence-electron chi connectivity index (χ2n) is 3.49. The maximum atomic E-state index is 5.28. The van der Waals surface area contributed by atoms with Gasteiger partial charge in [0.2, 0.25) is 0 Å². The summed E-state index contributed by atoms with van der Waals surface area (Å²) in [6.45, 7) is 6.20. The van der Waals surface area contributed by atoms with Crippen molar-refractivity contribution in [3.05, 3.63) is 0 Å². The van der Waals surface area contributed by atoms with E-state index >= 15 is 0 Å². The minimum absolute atomic E-state index is 0.0284. The molecule has 74 valence electrons. The average Bonchev–Trinajstić information content (AvgIpc) is 2.04. The van der Waals surface area contributed by atoms with Crippen LogP contribution in [0.15, 0.2) is 0 Å². The van der Waals surface area contributed by atoms with Crippen LogP contribution in [0.3, 0.4) is 0 Å². The first-order valence-corrected chi connectivity index (χ1v) is 5.76. The Kier molecular flexibility index (Phi) is 6.90. The van der Waals surface area contributed by atoms with Crippen molar-refractivity contribution in [3.8, 4) is 0 Å².